The number of benzene rings is 2. The number of hydrogen-bond acceptors (Lipinski definition) is 3. The van der Waals surface area contributed by atoms with Gasteiger partial charge in [0.05, 0.1) is 22.1 Å². The van der Waals surface area contributed by atoms with E-state index in [-0.39, 0.29) is 11.0 Å². The molecule has 0 unspecified atom stereocenters. The van der Waals surface area contributed by atoms with Crippen LogP contribution < -0.4 is 4.90 Å². The highest BCUT2D eigenvalue weighted by atomic mass is 15.3. The molecule has 4 rings (SSSR count). The SMILES string of the molecule is Cc1c(C)c(C)c2[nH]c(C(C)(C)C)nc2c1C.Cc1c(C)c(C)c2[nH]c(N(C)C(C)(C)C)nc2c1C. The van der Waals surface area contributed by atoms with Gasteiger partial charge in [0, 0.05) is 18.0 Å². The Hall–Kier alpha value is -2.82. The number of imidazole rings is 2. The molecule has 0 fully saturated rings. The Morgan fingerprint density at radius 3 is 1.33 bits per heavy atom. The lowest BCUT2D eigenvalue weighted by atomic mass is 9.96. The van der Waals surface area contributed by atoms with Gasteiger partial charge >= 0.3 is 0 Å². The van der Waals surface area contributed by atoms with Crippen LogP contribution in [0.25, 0.3) is 22.1 Å². The monoisotopic (exact) mass is 489 g/mol. The number of aromatic amines is 2. The fourth-order valence-corrected chi connectivity index (χ4v) is 4.51. The van der Waals surface area contributed by atoms with Crippen LogP contribution in [0.1, 0.15) is 91.9 Å². The first-order chi connectivity index (χ1) is 16.4. The Kier molecular flexibility index (Phi) is 7.13. The van der Waals surface area contributed by atoms with E-state index < -0.39 is 0 Å². The number of nitrogens with one attached hydrogen (secondary N) is 2. The summed E-state index contributed by atoms with van der Waals surface area (Å²) in [6.45, 7) is 30.5. The van der Waals surface area contributed by atoms with Crippen LogP contribution in [0.3, 0.4) is 0 Å². The van der Waals surface area contributed by atoms with E-state index in [9.17, 15) is 0 Å². The van der Waals surface area contributed by atoms with Crippen molar-refractivity contribution >= 4 is 28.0 Å². The van der Waals surface area contributed by atoms with Gasteiger partial charge in [0.2, 0.25) is 5.95 Å². The topological polar surface area (TPSA) is 60.6 Å². The fourth-order valence-electron chi connectivity index (χ4n) is 4.51. The summed E-state index contributed by atoms with van der Waals surface area (Å²) in [4.78, 5) is 18.8. The Morgan fingerprint density at radius 2 is 0.917 bits per heavy atom. The van der Waals surface area contributed by atoms with Crippen molar-refractivity contribution in [3.63, 3.8) is 0 Å². The number of nitrogens with zero attached hydrogens (tertiary/aromatic N) is 3. The Balaban J connectivity index is 0.000000202. The maximum Gasteiger partial charge on any atom is 0.204 e. The van der Waals surface area contributed by atoms with E-state index in [1.807, 2.05) is 0 Å². The summed E-state index contributed by atoms with van der Waals surface area (Å²) in [6, 6.07) is 0. The molecule has 36 heavy (non-hydrogen) atoms. The van der Waals surface area contributed by atoms with Crippen molar-refractivity contribution < 1.29 is 0 Å². The van der Waals surface area contributed by atoms with Crippen LogP contribution in [0.15, 0.2) is 0 Å². The average molecular weight is 490 g/mol. The Morgan fingerprint density at radius 1 is 0.528 bits per heavy atom. The molecular weight excluding hydrogens is 442 g/mol. The van der Waals surface area contributed by atoms with E-state index in [0.29, 0.717) is 0 Å². The molecule has 2 aromatic carbocycles. The van der Waals surface area contributed by atoms with Gasteiger partial charge in [0.25, 0.3) is 0 Å². The number of hydrogen-bond donors (Lipinski definition) is 2. The predicted molar refractivity (Wildman–Crippen MR) is 157 cm³/mol. The number of H-pyrrole nitrogens is 2. The number of anilines is 1. The first kappa shape index (κ1) is 27.8. The molecule has 2 aromatic heterocycles. The maximum atomic E-state index is 4.81. The van der Waals surface area contributed by atoms with E-state index in [4.69, 9.17) is 9.97 Å². The third-order valence-corrected chi connectivity index (χ3v) is 8.26. The molecule has 5 nitrogen and oxygen atoms in total. The van der Waals surface area contributed by atoms with Gasteiger partial charge in [-0.25, -0.2) is 9.97 Å². The summed E-state index contributed by atoms with van der Waals surface area (Å²) < 4.78 is 0. The summed E-state index contributed by atoms with van der Waals surface area (Å²) in [5, 5.41) is 0. The third-order valence-electron chi connectivity index (χ3n) is 8.26. The normalized spacial score (nSPS) is 12.3. The van der Waals surface area contributed by atoms with E-state index in [1.54, 1.807) is 0 Å². The van der Waals surface area contributed by atoms with Gasteiger partial charge in [-0.1, -0.05) is 20.8 Å². The molecule has 0 saturated carbocycles. The van der Waals surface area contributed by atoms with Crippen molar-refractivity contribution in [2.75, 3.05) is 11.9 Å². The predicted octanol–water partition coefficient (Wildman–Crippen LogP) is 8.13. The highest BCUT2D eigenvalue weighted by Crippen LogP contribution is 2.31. The molecule has 0 bridgehead atoms. The molecule has 0 aliphatic heterocycles. The second-order valence-electron chi connectivity index (χ2n) is 12.6. The lowest BCUT2D eigenvalue weighted by Crippen LogP contribution is -2.38. The minimum Gasteiger partial charge on any atom is -0.341 e. The average Bonchev–Trinajstić information content (AvgIpc) is 3.43. The molecule has 0 aliphatic carbocycles. The number of aryl methyl sites for hydroxylation is 4. The number of aromatic nitrogens is 4. The molecule has 5 heteroatoms. The molecule has 0 saturated heterocycles. The fraction of sp³-hybridized carbons (Fsp3) is 0.548. The highest BCUT2D eigenvalue weighted by Gasteiger charge is 2.23. The molecule has 2 N–H and O–H groups in total. The van der Waals surface area contributed by atoms with E-state index >= 15 is 0 Å². The lowest BCUT2D eigenvalue weighted by Gasteiger charge is -2.31. The van der Waals surface area contributed by atoms with E-state index in [0.717, 1.165) is 22.8 Å². The van der Waals surface area contributed by atoms with Crippen molar-refractivity contribution in [1.82, 2.24) is 19.9 Å². The van der Waals surface area contributed by atoms with Crippen molar-refractivity contribution in [3.8, 4) is 0 Å². The van der Waals surface area contributed by atoms with Gasteiger partial charge < -0.3 is 14.9 Å². The maximum absolute atomic E-state index is 4.81. The van der Waals surface area contributed by atoms with Gasteiger partial charge in [0.15, 0.2) is 0 Å². The molecule has 196 valence electrons. The Labute approximate surface area is 218 Å². The van der Waals surface area contributed by atoms with Crippen LogP contribution in [-0.2, 0) is 5.41 Å². The number of rotatable bonds is 1. The molecular formula is C31H47N5. The first-order valence-corrected chi connectivity index (χ1v) is 13.0. The van der Waals surface area contributed by atoms with Gasteiger partial charge in [-0.05, 0) is 121 Å². The van der Waals surface area contributed by atoms with Gasteiger partial charge in [-0.3, -0.25) is 0 Å². The van der Waals surface area contributed by atoms with Gasteiger partial charge in [-0.15, -0.1) is 0 Å². The minimum absolute atomic E-state index is 0.0553. The van der Waals surface area contributed by atoms with Gasteiger partial charge in [-0.2, -0.15) is 0 Å². The van der Waals surface area contributed by atoms with Crippen molar-refractivity contribution in [2.45, 2.75) is 108 Å². The van der Waals surface area contributed by atoms with E-state index in [1.165, 1.54) is 55.5 Å². The summed E-state index contributed by atoms with van der Waals surface area (Å²) in [7, 11) is 2.09. The molecule has 0 radical (unpaired) electrons. The molecule has 0 amide bonds. The quantitative estimate of drug-likeness (QED) is 0.284. The Bertz CT molecular complexity index is 1340. The minimum atomic E-state index is 0.0553. The number of fused-ring (bicyclic) bond motifs is 2. The molecule has 0 aliphatic rings. The third kappa shape index (κ3) is 4.77. The van der Waals surface area contributed by atoms with Crippen LogP contribution in [0, 0.1) is 55.4 Å². The highest BCUT2D eigenvalue weighted by molar-refractivity contribution is 5.87. The first-order valence-electron chi connectivity index (χ1n) is 13.0. The van der Waals surface area contributed by atoms with Crippen LogP contribution >= 0.6 is 0 Å². The molecule has 2 heterocycles. The van der Waals surface area contributed by atoms with Crippen LogP contribution in [0.5, 0.6) is 0 Å². The van der Waals surface area contributed by atoms with Gasteiger partial charge in [0.1, 0.15) is 5.82 Å². The van der Waals surface area contributed by atoms with Crippen molar-refractivity contribution in [2.24, 2.45) is 0 Å². The van der Waals surface area contributed by atoms with Crippen LogP contribution in [0.4, 0.5) is 5.95 Å². The van der Waals surface area contributed by atoms with Crippen LogP contribution in [0.2, 0.25) is 0 Å². The van der Waals surface area contributed by atoms with Crippen LogP contribution in [-0.4, -0.2) is 32.5 Å². The standard InChI is InChI=1S/C16H25N3.C15H22N2/c1-9-10(2)12(4)14-13(11(9)3)17-15(18-14)19(8)16(5,6)7;1-8-9(2)11(4)13-12(10(8)3)16-14(17-13)15(5,6)7/h1-8H3,(H,17,18);1-7H3,(H,16,17). The lowest BCUT2D eigenvalue weighted by molar-refractivity contribution is 0.530. The van der Waals surface area contributed by atoms with Crippen molar-refractivity contribution in [1.29, 1.82) is 0 Å². The smallest absolute Gasteiger partial charge is 0.204 e. The molecule has 4 aromatic rings. The second-order valence-corrected chi connectivity index (χ2v) is 12.6. The molecule has 0 spiro atoms. The zero-order valence-corrected chi connectivity index (χ0v) is 25.3. The zero-order valence-electron chi connectivity index (χ0n) is 25.3. The summed E-state index contributed by atoms with van der Waals surface area (Å²) >= 11 is 0. The largest absolute Gasteiger partial charge is 0.341 e. The summed E-state index contributed by atoms with van der Waals surface area (Å²) in [5.41, 5.74) is 15.4. The summed E-state index contributed by atoms with van der Waals surface area (Å²) in [6.07, 6.45) is 0. The molecule has 0 atom stereocenters. The zero-order chi connectivity index (χ0) is 27.5. The van der Waals surface area contributed by atoms with Crippen molar-refractivity contribution in [3.05, 3.63) is 50.3 Å². The van der Waals surface area contributed by atoms with E-state index in [2.05, 4.69) is 119 Å². The second kappa shape index (κ2) is 9.24. The summed E-state index contributed by atoms with van der Waals surface area (Å²) in [5.74, 6) is 2.02.